The molecule has 1 fully saturated rings. The Morgan fingerprint density at radius 3 is 2.61 bits per heavy atom. The van der Waals surface area contributed by atoms with Crippen LogP contribution >= 0.6 is 11.6 Å². The van der Waals surface area contributed by atoms with Crippen molar-refractivity contribution >= 4 is 33.1 Å². The van der Waals surface area contributed by atoms with Crippen molar-refractivity contribution in [2.75, 3.05) is 36.8 Å². The van der Waals surface area contributed by atoms with Crippen LogP contribution in [0.5, 0.6) is 0 Å². The molecule has 0 bridgehead atoms. The lowest BCUT2D eigenvalue weighted by Gasteiger charge is -2.29. The molecule has 31 heavy (non-hydrogen) atoms. The summed E-state index contributed by atoms with van der Waals surface area (Å²) >= 11 is 6.19. The molecule has 1 aromatic carbocycles. The van der Waals surface area contributed by atoms with Gasteiger partial charge < -0.3 is 9.80 Å². The molecule has 1 N–H and O–H groups in total. The van der Waals surface area contributed by atoms with Gasteiger partial charge in [-0.15, -0.1) is 0 Å². The van der Waals surface area contributed by atoms with Crippen molar-refractivity contribution in [3.05, 3.63) is 46.9 Å². The molecule has 2 heterocycles. The van der Waals surface area contributed by atoms with E-state index < -0.39 is 43.3 Å². The number of rotatable bonds is 6. The minimum Gasteiger partial charge on any atom is -0.367 e. The molecule has 170 valence electrons. The van der Waals surface area contributed by atoms with Gasteiger partial charge in [0.05, 0.1) is 5.69 Å². The molecule has 0 amide bonds. The molecule has 0 radical (unpaired) electrons. The van der Waals surface area contributed by atoms with Crippen LogP contribution in [0.3, 0.4) is 0 Å². The van der Waals surface area contributed by atoms with Crippen molar-refractivity contribution in [1.29, 1.82) is 0 Å². The molecular weight excluding hydrogens is 453 g/mol. The summed E-state index contributed by atoms with van der Waals surface area (Å²) in [5.41, 5.74) is -0.0383. The highest BCUT2D eigenvalue weighted by Gasteiger charge is 2.41. The van der Waals surface area contributed by atoms with Gasteiger partial charge in [0.1, 0.15) is 16.7 Å². The highest BCUT2D eigenvalue weighted by Crippen LogP contribution is 2.43. The number of hydrogen-bond donors (Lipinski definition) is 1. The monoisotopic (exact) mass is 476 g/mol. The molecule has 6 nitrogen and oxygen atoms in total. The van der Waals surface area contributed by atoms with Gasteiger partial charge in [-0.3, -0.25) is 4.72 Å². The molecule has 0 spiro atoms. The summed E-state index contributed by atoms with van der Waals surface area (Å²) in [6, 6.07) is 4.24. The molecule has 0 saturated carbocycles. The Morgan fingerprint density at radius 1 is 1.32 bits per heavy atom. The predicted molar refractivity (Wildman–Crippen MR) is 114 cm³/mol. The van der Waals surface area contributed by atoms with E-state index in [1.807, 2.05) is 30.6 Å². The zero-order chi connectivity index (χ0) is 23.1. The molecule has 2 atom stereocenters. The minimum absolute atomic E-state index is 0.0571. The molecule has 2 aromatic rings. The van der Waals surface area contributed by atoms with E-state index in [-0.39, 0.29) is 17.1 Å². The van der Waals surface area contributed by atoms with E-state index >= 15 is 4.39 Å². The number of pyridine rings is 1. The van der Waals surface area contributed by atoms with Crippen LogP contribution in [-0.4, -0.2) is 51.5 Å². The van der Waals surface area contributed by atoms with Gasteiger partial charge in [0.2, 0.25) is 5.95 Å². The zero-order valence-electron chi connectivity index (χ0n) is 17.6. The molecule has 1 aliphatic heterocycles. The van der Waals surface area contributed by atoms with E-state index in [0.717, 1.165) is 31.2 Å². The first-order chi connectivity index (χ1) is 14.3. The number of anilines is 2. The normalized spacial score (nSPS) is 21.7. The number of sulfonamides is 1. The van der Waals surface area contributed by atoms with Gasteiger partial charge in [0.15, 0.2) is 10.7 Å². The van der Waals surface area contributed by atoms with Crippen LogP contribution in [0.25, 0.3) is 0 Å². The summed E-state index contributed by atoms with van der Waals surface area (Å²) in [4.78, 5) is 5.94. The Morgan fingerprint density at radius 2 is 2.00 bits per heavy atom. The molecule has 1 unspecified atom stereocenters. The second-order valence-corrected chi connectivity index (χ2v) is 10.5. The van der Waals surface area contributed by atoms with Crippen molar-refractivity contribution in [2.24, 2.45) is 5.41 Å². The lowest BCUT2D eigenvalue weighted by atomic mass is 9.88. The second kappa shape index (κ2) is 8.48. The first-order valence-corrected chi connectivity index (χ1v) is 11.4. The summed E-state index contributed by atoms with van der Waals surface area (Å²) in [6.45, 7) is 5.28. The van der Waals surface area contributed by atoms with Crippen LogP contribution in [0, 0.1) is 23.0 Å². The Labute approximate surface area is 185 Å². The standard InChI is InChI=1S/C20H24ClF3N4O2S/c1-12-9-20(2,10-27(3)4)11-28(12)14-8-13(22)19(18(24)17(14)21)31(29,30)26-16-7-5-6-15(23)25-16/h5-8,12H,9-11H2,1-4H3,(H,25,26)/t12?,20-/m1/s1. The summed E-state index contributed by atoms with van der Waals surface area (Å²) in [7, 11) is -0.846. The Kier molecular flexibility index (Phi) is 6.46. The van der Waals surface area contributed by atoms with Crippen LogP contribution in [0.15, 0.2) is 29.2 Å². The Hall–Kier alpha value is -2.04. The highest BCUT2D eigenvalue weighted by atomic mass is 35.5. The Balaban J connectivity index is 1.98. The van der Waals surface area contributed by atoms with Crippen molar-refractivity contribution in [2.45, 2.75) is 31.2 Å². The van der Waals surface area contributed by atoms with Crippen LogP contribution < -0.4 is 9.62 Å². The van der Waals surface area contributed by atoms with E-state index in [2.05, 4.69) is 11.9 Å². The summed E-state index contributed by atoms with van der Waals surface area (Å²) in [6.07, 6.45) is 0.775. The number of nitrogens with one attached hydrogen (secondary N) is 1. The van der Waals surface area contributed by atoms with Gasteiger partial charge in [-0.25, -0.2) is 22.2 Å². The van der Waals surface area contributed by atoms with Crippen LogP contribution in [0.2, 0.25) is 5.02 Å². The average Bonchev–Trinajstić information content (AvgIpc) is 2.90. The van der Waals surface area contributed by atoms with E-state index in [4.69, 9.17) is 11.6 Å². The van der Waals surface area contributed by atoms with E-state index in [9.17, 15) is 17.2 Å². The fourth-order valence-electron chi connectivity index (χ4n) is 4.33. The average molecular weight is 477 g/mol. The fourth-order valence-corrected chi connectivity index (χ4v) is 5.79. The molecule has 11 heteroatoms. The maximum absolute atomic E-state index is 15.1. The maximum Gasteiger partial charge on any atom is 0.268 e. The number of aromatic nitrogens is 1. The van der Waals surface area contributed by atoms with Crippen molar-refractivity contribution < 1.29 is 21.6 Å². The zero-order valence-corrected chi connectivity index (χ0v) is 19.2. The van der Waals surface area contributed by atoms with E-state index in [0.29, 0.717) is 6.54 Å². The van der Waals surface area contributed by atoms with Gasteiger partial charge in [-0.05, 0) is 45.0 Å². The summed E-state index contributed by atoms with van der Waals surface area (Å²) in [5, 5.41) is -0.491. The smallest absolute Gasteiger partial charge is 0.268 e. The minimum atomic E-state index is -4.75. The molecular formula is C20H24ClF3N4O2S. The number of hydrogen-bond acceptors (Lipinski definition) is 5. The SMILES string of the molecule is CC1C[C@](C)(CN(C)C)CN1c1cc(F)c(S(=O)(=O)Nc2cccc(F)n2)c(F)c1Cl. The van der Waals surface area contributed by atoms with Gasteiger partial charge >= 0.3 is 0 Å². The quantitative estimate of drug-likeness (QED) is 0.502. The largest absolute Gasteiger partial charge is 0.367 e. The fraction of sp³-hybridized carbons (Fsp3) is 0.450. The van der Waals surface area contributed by atoms with Crippen molar-refractivity contribution in [3.63, 3.8) is 0 Å². The number of nitrogens with zero attached hydrogens (tertiary/aromatic N) is 3. The second-order valence-electron chi connectivity index (χ2n) is 8.52. The highest BCUT2D eigenvalue weighted by molar-refractivity contribution is 7.92. The predicted octanol–water partition coefficient (Wildman–Crippen LogP) is 4.12. The third kappa shape index (κ3) is 4.91. The first-order valence-electron chi connectivity index (χ1n) is 9.57. The van der Waals surface area contributed by atoms with Crippen molar-refractivity contribution in [1.82, 2.24) is 9.88 Å². The molecule has 1 aromatic heterocycles. The van der Waals surface area contributed by atoms with Gasteiger partial charge in [-0.2, -0.15) is 4.39 Å². The first kappa shape index (κ1) is 23.6. The topological polar surface area (TPSA) is 65.5 Å². The lowest BCUT2D eigenvalue weighted by molar-refractivity contribution is 0.238. The van der Waals surface area contributed by atoms with Crippen LogP contribution in [0.1, 0.15) is 20.3 Å². The molecule has 0 aliphatic carbocycles. The Bertz CT molecular complexity index is 1100. The third-order valence-electron chi connectivity index (χ3n) is 5.20. The lowest BCUT2D eigenvalue weighted by Crippen LogP contribution is -2.34. The summed E-state index contributed by atoms with van der Waals surface area (Å²) < 4.78 is 70.3. The van der Waals surface area contributed by atoms with Crippen LogP contribution in [0.4, 0.5) is 24.7 Å². The molecule has 1 aliphatic rings. The number of benzene rings is 1. The molecule has 3 rings (SSSR count). The van der Waals surface area contributed by atoms with E-state index in [1.165, 1.54) is 6.07 Å². The van der Waals surface area contributed by atoms with Gasteiger partial charge in [0.25, 0.3) is 10.0 Å². The maximum atomic E-state index is 15.1. The summed E-state index contributed by atoms with van der Waals surface area (Å²) in [5.74, 6) is -4.06. The van der Waals surface area contributed by atoms with Gasteiger partial charge in [-0.1, -0.05) is 24.6 Å². The van der Waals surface area contributed by atoms with Crippen molar-refractivity contribution in [3.8, 4) is 0 Å². The van der Waals surface area contributed by atoms with Crippen LogP contribution in [-0.2, 0) is 10.0 Å². The van der Waals surface area contributed by atoms with E-state index in [1.54, 1.807) is 4.90 Å². The van der Waals surface area contributed by atoms with Gasteiger partial charge in [0, 0.05) is 25.2 Å². The molecule has 1 saturated heterocycles. The third-order valence-corrected chi connectivity index (χ3v) is 6.95. The number of halogens is 4.